The van der Waals surface area contributed by atoms with Crippen molar-refractivity contribution in [2.45, 2.75) is 6.92 Å². The minimum atomic E-state index is -0.579. The summed E-state index contributed by atoms with van der Waals surface area (Å²) in [5.41, 5.74) is 1.21. The summed E-state index contributed by atoms with van der Waals surface area (Å²) in [6, 6.07) is 2.98. The lowest BCUT2D eigenvalue weighted by Gasteiger charge is -2.08. The zero-order chi connectivity index (χ0) is 11.5. The maximum Gasteiger partial charge on any atom is 0.215 e. The van der Waals surface area contributed by atoms with E-state index in [1.54, 1.807) is 19.2 Å². The van der Waals surface area contributed by atoms with Crippen LogP contribution in [0.1, 0.15) is 11.1 Å². The molecule has 0 bridgehead atoms. The largest absolute Gasteiger partial charge is 0.325 e. The number of hydrogen-bond acceptors (Lipinski definition) is 4. The van der Waals surface area contributed by atoms with Gasteiger partial charge >= 0.3 is 0 Å². The Balaban J connectivity index is 2.43. The summed E-state index contributed by atoms with van der Waals surface area (Å²) in [6.07, 6.45) is 2.71. The number of aromatic amines is 1. The second-order valence-electron chi connectivity index (χ2n) is 3.26. The molecule has 0 amide bonds. The third kappa shape index (κ3) is 1.90. The van der Waals surface area contributed by atoms with E-state index in [4.69, 9.17) is 5.41 Å². The minimum Gasteiger partial charge on any atom is -0.325 e. The lowest BCUT2D eigenvalue weighted by atomic mass is 10.1. The van der Waals surface area contributed by atoms with Crippen LogP contribution in [-0.4, -0.2) is 21.4 Å². The Labute approximate surface area is 91.2 Å². The number of pyridine rings is 1. The van der Waals surface area contributed by atoms with E-state index in [-0.39, 0.29) is 0 Å². The molecule has 0 spiro atoms. The topological polar surface area (TPSA) is 77.5 Å². The Hall–Kier alpha value is -2.24. The van der Waals surface area contributed by atoms with Crippen LogP contribution in [0.4, 0.5) is 16.0 Å². The fraction of sp³-hybridized carbons (Fsp3) is 0.100. The number of aryl methyl sites for hydroxylation is 1. The Kier molecular flexibility index (Phi) is 2.63. The summed E-state index contributed by atoms with van der Waals surface area (Å²) in [5, 5.41) is 16.6. The molecule has 0 saturated carbocycles. The van der Waals surface area contributed by atoms with Crippen LogP contribution >= 0.6 is 0 Å². The molecule has 0 saturated heterocycles. The number of aromatic nitrogens is 3. The van der Waals surface area contributed by atoms with Crippen LogP contribution in [0, 0.1) is 18.3 Å². The van der Waals surface area contributed by atoms with Crippen LogP contribution in [0.5, 0.6) is 0 Å². The van der Waals surface area contributed by atoms with Gasteiger partial charge < -0.3 is 10.7 Å². The third-order valence-electron chi connectivity index (χ3n) is 2.13. The highest BCUT2D eigenvalue weighted by Crippen LogP contribution is 2.19. The van der Waals surface area contributed by atoms with E-state index in [1.165, 1.54) is 6.07 Å². The summed E-state index contributed by atoms with van der Waals surface area (Å²) < 4.78 is 13.1. The summed E-state index contributed by atoms with van der Waals surface area (Å²) >= 11 is 0. The standard InChI is InChI=1S/C10H10FN5/c1-6-4-8(11)14-10(7(6)5-12)15-9-2-3-13-16-9/h2-5,12H,1H3,(H2,13,14,15,16). The normalized spacial score (nSPS) is 10.1. The first kappa shape index (κ1) is 10.3. The Bertz CT molecular complexity index is 506. The number of nitrogens with one attached hydrogen (secondary N) is 3. The smallest absolute Gasteiger partial charge is 0.215 e. The van der Waals surface area contributed by atoms with Crippen LogP contribution in [-0.2, 0) is 0 Å². The maximum atomic E-state index is 13.1. The van der Waals surface area contributed by atoms with Gasteiger partial charge in [-0.25, -0.2) is 4.98 Å². The van der Waals surface area contributed by atoms with Crippen LogP contribution in [0.3, 0.4) is 0 Å². The third-order valence-corrected chi connectivity index (χ3v) is 2.13. The molecule has 2 aromatic rings. The van der Waals surface area contributed by atoms with Gasteiger partial charge in [-0.05, 0) is 18.6 Å². The van der Waals surface area contributed by atoms with E-state index in [0.717, 1.165) is 6.21 Å². The molecule has 0 aromatic carbocycles. The fourth-order valence-electron chi connectivity index (χ4n) is 1.37. The minimum absolute atomic E-state index is 0.303. The quantitative estimate of drug-likeness (QED) is 0.545. The van der Waals surface area contributed by atoms with Crippen molar-refractivity contribution < 1.29 is 4.39 Å². The number of rotatable bonds is 3. The van der Waals surface area contributed by atoms with Crippen LogP contribution in [0.25, 0.3) is 0 Å². The van der Waals surface area contributed by atoms with Gasteiger partial charge in [-0.3, -0.25) is 5.10 Å². The maximum absolute atomic E-state index is 13.1. The molecule has 0 aliphatic carbocycles. The molecule has 2 aromatic heterocycles. The Morgan fingerprint density at radius 3 is 3.00 bits per heavy atom. The molecule has 5 nitrogen and oxygen atoms in total. The highest BCUT2D eigenvalue weighted by atomic mass is 19.1. The molecule has 2 heterocycles. The SMILES string of the molecule is Cc1cc(F)nc(Nc2ccn[nH]2)c1C=N. The van der Waals surface area contributed by atoms with Crippen molar-refractivity contribution in [3.8, 4) is 0 Å². The molecule has 0 radical (unpaired) electrons. The number of nitrogens with zero attached hydrogens (tertiary/aromatic N) is 2. The molecule has 0 unspecified atom stereocenters. The molecule has 82 valence electrons. The fourth-order valence-corrected chi connectivity index (χ4v) is 1.37. The van der Waals surface area contributed by atoms with Crippen molar-refractivity contribution >= 4 is 17.9 Å². The summed E-state index contributed by atoms with van der Waals surface area (Å²) in [6.45, 7) is 1.73. The molecule has 3 N–H and O–H groups in total. The number of hydrogen-bond donors (Lipinski definition) is 3. The van der Waals surface area contributed by atoms with Crippen molar-refractivity contribution in [1.82, 2.24) is 15.2 Å². The lowest BCUT2D eigenvalue weighted by molar-refractivity contribution is 0.584. The second kappa shape index (κ2) is 4.09. The molecule has 6 heteroatoms. The molecule has 0 aliphatic heterocycles. The average Bonchev–Trinajstić information content (AvgIpc) is 2.70. The molecule has 0 aliphatic rings. The number of H-pyrrole nitrogens is 1. The van der Waals surface area contributed by atoms with Crippen LogP contribution < -0.4 is 5.32 Å². The Morgan fingerprint density at radius 2 is 2.38 bits per heavy atom. The molecule has 0 atom stereocenters. The second-order valence-corrected chi connectivity index (χ2v) is 3.26. The number of anilines is 2. The Morgan fingerprint density at radius 1 is 1.56 bits per heavy atom. The molecule has 2 rings (SSSR count). The highest BCUT2D eigenvalue weighted by molar-refractivity contribution is 5.87. The zero-order valence-electron chi connectivity index (χ0n) is 8.58. The van der Waals surface area contributed by atoms with E-state index in [2.05, 4.69) is 20.5 Å². The van der Waals surface area contributed by atoms with E-state index in [1.807, 2.05) is 0 Å². The van der Waals surface area contributed by atoms with Gasteiger partial charge in [0.2, 0.25) is 5.95 Å². The first-order valence-corrected chi connectivity index (χ1v) is 4.64. The van der Waals surface area contributed by atoms with Gasteiger partial charge in [0.05, 0.1) is 6.20 Å². The molecular weight excluding hydrogens is 209 g/mol. The zero-order valence-corrected chi connectivity index (χ0v) is 8.58. The van der Waals surface area contributed by atoms with Gasteiger partial charge in [-0.2, -0.15) is 9.49 Å². The predicted octanol–water partition coefficient (Wildman–Crippen LogP) is 1.99. The van der Waals surface area contributed by atoms with Crippen molar-refractivity contribution in [2.75, 3.05) is 5.32 Å². The van der Waals surface area contributed by atoms with E-state index >= 15 is 0 Å². The summed E-state index contributed by atoms with van der Waals surface area (Å²) in [7, 11) is 0. The number of halogens is 1. The van der Waals surface area contributed by atoms with Gasteiger partial charge in [0.15, 0.2) is 0 Å². The monoisotopic (exact) mass is 219 g/mol. The van der Waals surface area contributed by atoms with Crippen molar-refractivity contribution in [3.63, 3.8) is 0 Å². The van der Waals surface area contributed by atoms with Gasteiger partial charge in [0.25, 0.3) is 0 Å². The highest BCUT2D eigenvalue weighted by Gasteiger charge is 2.08. The first-order chi connectivity index (χ1) is 7.70. The summed E-state index contributed by atoms with van der Waals surface area (Å²) in [5.74, 6) is 0.322. The molecule has 16 heavy (non-hydrogen) atoms. The van der Waals surface area contributed by atoms with Crippen LogP contribution in [0.15, 0.2) is 18.3 Å². The van der Waals surface area contributed by atoms with Crippen molar-refractivity contribution in [1.29, 1.82) is 5.41 Å². The predicted molar refractivity (Wildman–Crippen MR) is 58.7 cm³/mol. The van der Waals surface area contributed by atoms with Gasteiger partial charge in [-0.1, -0.05) is 0 Å². The van der Waals surface area contributed by atoms with Crippen molar-refractivity contribution in [2.24, 2.45) is 0 Å². The average molecular weight is 219 g/mol. The first-order valence-electron chi connectivity index (χ1n) is 4.64. The summed E-state index contributed by atoms with van der Waals surface area (Å²) in [4.78, 5) is 3.70. The lowest BCUT2D eigenvalue weighted by Crippen LogP contribution is -2.03. The molecular formula is C10H10FN5. The van der Waals surface area contributed by atoms with Gasteiger partial charge in [-0.15, -0.1) is 0 Å². The van der Waals surface area contributed by atoms with Gasteiger partial charge in [0.1, 0.15) is 11.6 Å². The molecule has 0 fully saturated rings. The van der Waals surface area contributed by atoms with E-state index in [0.29, 0.717) is 22.8 Å². The van der Waals surface area contributed by atoms with E-state index < -0.39 is 5.95 Å². The van der Waals surface area contributed by atoms with Crippen LogP contribution in [0.2, 0.25) is 0 Å². The van der Waals surface area contributed by atoms with Gasteiger partial charge in [0, 0.05) is 17.8 Å². The van der Waals surface area contributed by atoms with Crippen molar-refractivity contribution in [3.05, 3.63) is 35.4 Å². The van der Waals surface area contributed by atoms with E-state index in [9.17, 15) is 4.39 Å².